The Morgan fingerprint density at radius 1 is 1.00 bits per heavy atom. The molecule has 5 rings (SSSR count). The summed E-state index contributed by atoms with van der Waals surface area (Å²) in [6.45, 7) is 6.00. The average Bonchev–Trinajstić information content (AvgIpc) is 3.37. The molecule has 4 aromatic rings. The predicted octanol–water partition coefficient (Wildman–Crippen LogP) is 5.02. The fourth-order valence-corrected chi connectivity index (χ4v) is 4.54. The van der Waals surface area contributed by atoms with Crippen molar-refractivity contribution in [3.8, 4) is 11.6 Å². The van der Waals surface area contributed by atoms with E-state index in [2.05, 4.69) is 26.8 Å². The van der Waals surface area contributed by atoms with Gasteiger partial charge in [-0.3, -0.25) is 9.88 Å². The lowest BCUT2D eigenvalue weighted by Gasteiger charge is -2.32. The van der Waals surface area contributed by atoms with E-state index in [1.54, 1.807) is 20.2 Å². The molecule has 0 saturated carbocycles. The van der Waals surface area contributed by atoms with Crippen LogP contribution in [-0.4, -0.2) is 58.5 Å². The molecule has 0 bridgehead atoms. The Balaban J connectivity index is 1.21. The van der Waals surface area contributed by atoms with E-state index < -0.39 is 0 Å². The summed E-state index contributed by atoms with van der Waals surface area (Å²) < 4.78 is 13.4. The Bertz CT molecular complexity index is 1340. The number of aryl methyl sites for hydroxylation is 1. The van der Waals surface area contributed by atoms with E-state index in [0.717, 1.165) is 72.0 Å². The van der Waals surface area contributed by atoms with Crippen molar-refractivity contribution >= 4 is 28.5 Å². The van der Waals surface area contributed by atoms with E-state index in [1.807, 2.05) is 59.6 Å². The van der Waals surface area contributed by atoms with E-state index in [-0.39, 0.29) is 12.2 Å². The van der Waals surface area contributed by atoms with Crippen molar-refractivity contribution in [2.75, 3.05) is 36.5 Å². The summed E-state index contributed by atoms with van der Waals surface area (Å²) in [4.78, 5) is 29.5. The van der Waals surface area contributed by atoms with Crippen molar-refractivity contribution in [1.29, 1.82) is 0 Å². The molecule has 0 radical (unpaired) electrons. The molecule has 4 heterocycles. The Morgan fingerprint density at radius 3 is 2.49 bits per heavy atom. The second-order valence-electron chi connectivity index (χ2n) is 9.06. The first-order valence-corrected chi connectivity index (χ1v) is 12.8. The molecular weight excluding hydrogens is 468 g/mol. The number of pyridine rings is 1. The van der Waals surface area contributed by atoms with Gasteiger partial charge in [0.05, 0.1) is 36.4 Å². The molecule has 1 aromatic carbocycles. The number of carbonyl (C=O) groups is 1. The molecule has 1 amide bonds. The molecule has 0 atom stereocenters. The highest BCUT2D eigenvalue weighted by Crippen LogP contribution is 2.26. The number of benzene rings is 1. The summed E-state index contributed by atoms with van der Waals surface area (Å²) in [6, 6.07) is 11.8. The second-order valence-corrected chi connectivity index (χ2v) is 9.06. The van der Waals surface area contributed by atoms with Gasteiger partial charge in [0.25, 0.3) is 0 Å². The highest BCUT2D eigenvalue weighted by Gasteiger charge is 2.22. The average molecular weight is 501 g/mol. The van der Waals surface area contributed by atoms with Crippen molar-refractivity contribution < 1.29 is 14.3 Å². The molecule has 0 N–H and O–H groups in total. The van der Waals surface area contributed by atoms with Crippen molar-refractivity contribution in [2.24, 2.45) is 0 Å². The van der Waals surface area contributed by atoms with Crippen LogP contribution in [-0.2, 0) is 11.2 Å². The van der Waals surface area contributed by atoms with Crippen molar-refractivity contribution in [3.05, 3.63) is 66.9 Å². The summed E-state index contributed by atoms with van der Waals surface area (Å²) in [7, 11) is 1.71. The normalized spacial score (nSPS) is 14.1. The maximum Gasteiger partial charge on any atom is 0.413 e. The molecule has 9 heteroatoms. The van der Waals surface area contributed by atoms with Gasteiger partial charge in [0.15, 0.2) is 0 Å². The third-order valence-corrected chi connectivity index (χ3v) is 6.69. The smallest absolute Gasteiger partial charge is 0.413 e. The molecule has 1 aliphatic heterocycles. The number of rotatable bonds is 7. The zero-order valence-electron chi connectivity index (χ0n) is 21.5. The minimum absolute atomic E-state index is 0.147. The van der Waals surface area contributed by atoms with Crippen LogP contribution in [0.5, 0.6) is 5.75 Å². The number of fused-ring (bicyclic) bond motifs is 1. The maximum atomic E-state index is 12.1. The highest BCUT2D eigenvalue weighted by molar-refractivity contribution is 5.92. The van der Waals surface area contributed by atoms with Crippen LogP contribution in [0.1, 0.15) is 32.4 Å². The van der Waals surface area contributed by atoms with Crippen LogP contribution >= 0.6 is 0 Å². The number of piperidine rings is 1. The first kappa shape index (κ1) is 24.5. The standard InChI is InChI=1S/C28H32N6O3/c1-4-21-17-30-27(19-29-21)33-13-11-23(12-14-33)37-24-7-9-26(31-18-24)34-15-10-20-16-22(6-8-25(20)34)32(3)28(35)36-5-2/h6-10,15-19,23H,4-5,11-14H2,1-3H3. The SMILES string of the molecule is CCOC(=O)N(C)c1ccc2c(ccn2-c2ccc(OC3CCN(c4cnc(CC)cn4)CC3)cn2)c1. The van der Waals surface area contributed by atoms with Gasteiger partial charge in [-0.1, -0.05) is 6.92 Å². The Labute approximate surface area is 216 Å². The van der Waals surface area contributed by atoms with E-state index in [0.29, 0.717) is 6.61 Å². The van der Waals surface area contributed by atoms with E-state index in [1.165, 1.54) is 4.90 Å². The van der Waals surface area contributed by atoms with Crippen LogP contribution in [0.25, 0.3) is 16.7 Å². The number of ether oxygens (including phenoxy) is 2. The van der Waals surface area contributed by atoms with Gasteiger partial charge < -0.3 is 18.9 Å². The predicted molar refractivity (Wildman–Crippen MR) is 144 cm³/mol. The molecule has 1 aliphatic rings. The molecule has 9 nitrogen and oxygen atoms in total. The number of amides is 1. The highest BCUT2D eigenvalue weighted by atomic mass is 16.6. The summed E-state index contributed by atoms with van der Waals surface area (Å²) in [5.41, 5.74) is 2.79. The topological polar surface area (TPSA) is 85.6 Å². The van der Waals surface area contributed by atoms with Gasteiger partial charge in [0, 0.05) is 50.2 Å². The number of aromatic nitrogens is 4. The molecule has 37 heavy (non-hydrogen) atoms. The van der Waals surface area contributed by atoms with Gasteiger partial charge in [0.1, 0.15) is 23.5 Å². The Kier molecular flexibility index (Phi) is 7.20. The lowest BCUT2D eigenvalue weighted by molar-refractivity contribution is 0.161. The fraction of sp³-hybridized carbons (Fsp3) is 0.357. The lowest BCUT2D eigenvalue weighted by Crippen LogP contribution is -2.38. The molecule has 0 spiro atoms. The summed E-state index contributed by atoms with van der Waals surface area (Å²) in [5, 5.41) is 1.01. The van der Waals surface area contributed by atoms with Crippen molar-refractivity contribution in [2.45, 2.75) is 39.2 Å². The van der Waals surface area contributed by atoms with Gasteiger partial charge in [0.2, 0.25) is 0 Å². The van der Waals surface area contributed by atoms with E-state index >= 15 is 0 Å². The summed E-state index contributed by atoms with van der Waals surface area (Å²) >= 11 is 0. The lowest BCUT2D eigenvalue weighted by atomic mass is 10.1. The van der Waals surface area contributed by atoms with Gasteiger partial charge in [-0.25, -0.2) is 14.8 Å². The number of nitrogens with zero attached hydrogens (tertiary/aromatic N) is 6. The van der Waals surface area contributed by atoms with Gasteiger partial charge in [-0.15, -0.1) is 0 Å². The van der Waals surface area contributed by atoms with Gasteiger partial charge in [-0.2, -0.15) is 0 Å². The zero-order valence-corrected chi connectivity index (χ0v) is 21.5. The number of carbonyl (C=O) groups excluding carboxylic acids is 1. The third-order valence-electron chi connectivity index (χ3n) is 6.69. The molecule has 3 aromatic heterocycles. The van der Waals surface area contributed by atoms with Crippen molar-refractivity contribution in [3.63, 3.8) is 0 Å². The first-order chi connectivity index (χ1) is 18.1. The summed E-state index contributed by atoms with van der Waals surface area (Å²) in [6.07, 6.45) is 10.0. The van der Waals surface area contributed by atoms with Crippen LogP contribution < -0.4 is 14.5 Å². The molecule has 1 fully saturated rings. The Morgan fingerprint density at radius 2 is 1.81 bits per heavy atom. The van der Waals surface area contributed by atoms with Crippen LogP contribution in [0, 0.1) is 0 Å². The van der Waals surface area contributed by atoms with Gasteiger partial charge in [-0.05, 0) is 49.7 Å². The zero-order chi connectivity index (χ0) is 25.8. The second kappa shape index (κ2) is 10.9. The Hall–Kier alpha value is -4.14. The van der Waals surface area contributed by atoms with Crippen LogP contribution in [0.15, 0.2) is 61.2 Å². The minimum Gasteiger partial charge on any atom is -0.489 e. The number of anilines is 2. The monoisotopic (exact) mass is 500 g/mol. The molecule has 0 aliphatic carbocycles. The van der Waals surface area contributed by atoms with Gasteiger partial charge >= 0.3 is 6.09 Å². The number of hydrogen-bond acceptors (Lipinski definition) is 7. The summed E-state index contributed by atoms with van der Waals surface area (Å²) in [5.74, 6) is 2.50. The molecule has 1 saturated heterocycles. The molecule has 192 valence electrons. The largest absolute Gasteiger partial charge is 0.489 e. The quantitative estimate of drug-likeness (QED) is 0.352. The third kappa shape index (κ3) is 5.35. The minimum atomic E-state index is -0.372. The van der Waals surface area contributed by atoms with E-state index in [4.69, 9.17) is 9.47 Å². The number of hydrogen-bond donors (Lipinski definition) is 0. The van der Waals surface area contributed by atoms with Crippen LogP contribution in [0.4, 0.5) is 16.3 Å². The first-order valence-electron chi connectivity index (χ1n) is 12.8. The molecule has 0 unspecified atom stereocenters. The van der Waals surface area contributed by atoms with E-state index in [9.17, 15) is 4.79 Å². The van der Waals surface area contributed by atoms with Crippen LogP contribution in [0.3, 0.4) is 0 Å². The maximum absolute atomic E-state index is 12.1. The van der Waals surface area contributed by atoms with Crippen molar-refractivity contribution in [1.82, 2.24) is 19.5 Å². The molecular formula is C28H32N6O3. The van der Waals surface area contributed by atoms with Crippen LogP contribution in [0.2, 0.25) is 0 Å². The fourth-order valence-electron chi connectivity index (χ4n) is 4.54.